The van der Waals surface area contributed by atoms with Crippen molar-refractivity contribution in [2.24, 2.45) is 4.99 Å². The second kappa shape index (κ2) is 9.12. The number of carbonyl (C=O) groups is 1. The minimum Gasteiger partial charge on any atom is -0.356 e. The lowest BCUT2D eigenvalue weighted by Gasteiger charge is -2.21. The zero-order valence-electron chi connectivity index (χ0n) is 18.0. The molecule has 1 saturated carbocycles. The first-order valence-electron chi connectivity index (χ1n) is 10.3. The van der Waals surface area contributed by atoms with Crippen LogP contribution in [0.1, 0.15) is 39.9 Å². The smallest absolute Gasteiger partial charge is 0.253 e. The van der Waals surface area contributed by atoms with Crippen LogP contribution in [0.2, 0.25) is 0 Å². The highest BCUT2D eigenvalue weighted by molar-refractivity contribution is 5.94. The summed E-state index contributed by atoms with van der Waals surface area (Å²) < 4.78 is 0. The van der Waals surface area contributed by atoms with Crippen molar-refractivity contribution in [2.75, 3.05) is 34.2 Å². The molecule has 0 saturated heterocycles. The van der Waals surface area contributed by atoms with Gasteiger partial charge in [-0.3, -0.25) is 9.79 Å². The Bertz CT molecular complexity index is 884. The number of nitrogens with one attached hydrogen (secondary N) is 2. The van der Waals surface area contributed by atoms with Crippen LogP contribution in [0.25, 0.3) is 0 Å². The molecule has 1 fully saturated rings. The van der Waals surface area contributed by atoms with E-state index in [1.165, 1.54) is 24.0 Å². The van der Waals surface area contributed by atoms with Crippen LogP contribution in [0.4, 0.5) is 0 Å². The van der Waals surface area contributed by atoms with Crippen LogP contribution in [0.15, 0.2) is 53.5 Å². The standard InChI is InChI=1S/C24H32N4O/c1-18-8-5-6-11-21(18)24(13-14-24)17-27-23(25-2)26-15-12-19-9-7-10-20(16-19)22(29)28(3)4/h5-11,16H,12-15,17H2,1-4H3,(H2,25,26,27). The molecule has 1 aliphatic rings. The van der Waals surface area contributed by atoms with Gasteiger partial charge in [-0.2, -0.15) is 0 Å². The van der Waals surface area contributed by atoms with Crippen LogP contribution >= 0.6 is 0 Å². The largest absolute Gasteiger partial charge is 0.356 e. The van der Waals surface area contributed by atoms with Crippen LogP contribution in [-0.4, -0.2) is 51.0 Å². The maximum absolute atomic E-state index is 12.1. The van der Waals surface area contributed by atoms with Crippen molar-refractivity contribution in [2.45, 2.75) is 31.6 Å². The minimum absolute atomic E-state index is 0.0308. The Hall–Kier alpha value is -2.82. The summed E-state index contributed by atoms with van der Waals surface area (Å²) in [6.45, 7) is 3.85. The Morgan fingerprint density at radius 2 is 1.86 bits per heavy atom. The van der Waals surface area contributed by atoms with Crippen molar-refractivity contribution in [3.05, 3.63) is 70.8 Å². The Balaban J connectivity index is 1.51. The molecule has 5 heteroatoms. The third kappa shape index (κ3) is 5.17. The quantitative estimate of drug-likeness (QED) is 0.562. The van der Waals surface area contributed by atoms with Gasteiger partial charge in [-0.1, -0.05) is 36.4 Å². The molecule has 2 N–H and O–H groups in total. The molecule has 1 aliphatic carbocycles. The van der Waals surface area contributed by atoms with Crippen molar-refractivity contribution in [3.63, 3.8) is 0 Å². The number of aryl methyl sites for hydroxylation is 1. The molecule has 0 unspecified atom stereocenters. The molecule has 5 nitrogen and oxygen atoms in total. The van der Waals surface area contributed by atoms with Crippen LogP contribution in [-0.2, 0) is 11.8 Å². The van der Waals surface area contributed by atoms with Gasteiger partial charge in [0.2, 0.25) is 0 Å². The Morgan fingerprint density at radius 3 is 2.52 bits per heavy atom. The Kier molecular flexibility index (Phi) is 6.57. The third-order valence-electron chi connectivity index (χ3n) is 5.67. The molecule has 29 heavy (non-hydrogen) atoms. The zero-order valence-corrected chi connectivity index (χ0v) is 18.0. The van der Waals surface area contributed by atoms with E-state index < -0.39 is 0 Å². The van der Waals surface area contributed by atoms with Gasteiger partial charge in [-0.25, -0.2) is 0 Å². The van der Waals surface area contributed by atoms with E-state index in [-0.39, 0.29) is 11.3 Å². The lowest BCUT2D eigenvalue weighted by atomic mass is 9.92. The number of hydrogen-bond acceptors (Lipinski definition) is 2. The van der Waals surface area contributed by atoms with E-state index in [1.807, 2.05) is 18.2 Å². The first-order valence-corrected chi connectivity index (χ1v) is 10.3. The molecule has 0 radical (unpaired) electrons. The van der Waals surface area contributed by atoms with E-state index in [4.69, 9.17) is 0 Å². The topological polar surface area (TPSA) is 56.7 Å². The number of carbonyl (C=O) groups excluding carboxylic acids is 1. The highest BCUT2D eigenvalue weighted by Gasteiger charge is 2.44. The molecule has 0 aliphatic heterocycles. The molecule has 154 valence electrons. The second-order valence-electron chi connectivity index (χ2n) is 8.10. The van der Waals surface area contributed by atoms with Crippen LogP contribution in [0.3, 0.4) is 0 Å². The van der Waals surface area contributed by atoms with Gasteiger partial charge < -0.3 is 15.5 Å². The van der Waals surface area contributed by atoms with Crippen molar-refractivity contribution < 1.29 is 4.79 Å². The summed E-state index contributed by atoms with van der Waals surface area (Å²) in [6.07, 6.45) is 3.27. The molecular formula is C24H32N4O. The number of aliphatic imine (C=N–C) groups is 1. The van der Waals surface area contributed by atoms with Crippen molar-refractivity contribution in [1.29, 1.82) is 0 Å². The van der Waals surface area contributed by atoms with Gasteiger partial charge in [0.15, 0.2) is 5.96 Å². The fraction of sp³-hybridized carbons (Fsp3) is 0.417. The monoisotopic (exact) mass is 392 g/mol. The Morgan fingerprint density at radius 1 is 1.10 bits per heavy atom. The maximum Gasteiger partial charge on any atom is 0.253 e. The molecule has 2 aromatic rings. The van der Waals surface area contributed by atoms with Crippen LogP contribution in [0, 0.1) is 6.92 Å². The Labute approximate surface area is 174 Å². The van der Waals surface area contributed by atoms with E-state index in [0.29, 0.717) is 0 Å². The van der Waals surface area contributed by atoms with E-state index in [0.717, 1.165) is 36.6 Å². The molecule has 2 aromatic carbocycles. The maximum atomic E-state index is 12.1. The van der Waals surface area contributed by atoms with Gasteiger partial charge in [-0.15, -0.1) is 0 Å². The van der Waals surface area contributed by atoms with Gasteiger partial charge in [-0.05, 0) is 55.0 Å². The average molecular weight is 393 g/mol. The molecule has 0 bridgehead atoms. The molecule has 0 atom stereocenters. The summed E-state index contributed by atoms with van der Waals surface area (Å²) in [5.74, 6) is 0.855. The first kappa shape index (κ1) is 20.9. The van der Waals surface area contributed by atoms with Crippen molar-refractivity contribution in [3.8, 4) is 0 Å². The SMILES string of the molecule is CN=C(NCCc1cccc(C(=O)N(C)C)c1)NCC1(c2ccccc2C)CC1. The normalized spacial score (nSPS) is 15.0. The van der Waals surface area contributed by atoms with Crippen molar-refractivity contribution >= 4 is 11.9 Å². The summed E-state index contributed by atoms with van der Waals surface area (Å²) in [5, 5.41) is 6.91. The number of rotatable bonds is 7. The summed E-state index contributed by atoms with van der Waals surface area (Å²) in [7, 11) is 5.35. The minimum atomic E-state index is 0.0308. The van der Waals surface area contributed by atoms with Gasteiger partial charge in [0, 0.05) is 45.2 Å². The lowest BCUT2D eigenvalue weighted by molar-refractivity contribution is 0.0827. The van der Waals surface area contributed by atoms with Crippen LogP contribution in [0.5, 0.6) is 0 Å². The zero-order chi connectivity index (χ0) is 20.9. The summed E-state index contributed by atoms with van der Waals surface area (Å²) in [6, 6.07) is 16.5. The highest BCUT2D eigenvalue weighted by atomic mass is 16.2. The third-order valence-corrected chi connectivity index (χ3v) is 5.67. The van der Waals surface area contributed by atoms with E-state index in [9.17, 15) is 4.79 Å². The fourth-order valence-corrected chi connectivity index (χ4v) is 3.78. The summed E-state index contributed by atoms with van der Waals surface area (Å²) in [4.78, 5) is 18.1. The number of guanidine groups is 1. The summed E-state index contributed by atoms with van der Waals surface area (Å²) >= 11 is 0. The molecule has 3 rings (SSSR count). The first-order chi connectivity index (χ1) is 13.9. The van der Waals surface area contributed by atoms with Crippen LogP contribution < -0.4 is 10.6 Å². The average Bonchev–Trinajstić information content (AvgIpc) is 3.51. The van der Waals surface area contributed by atoms with E-state index >= 15 is 0 Å². The van der Waals surface area contributed by atoms with E-state index in [1.54, 1.807) is 26.0 Å². The number of benzene rings is 2. The summed E-state index contributed by atoms with van der Waals surface area (Å²) in [5.41, 5.74) is 4.92. The second-order valence-corrected chi connectivity index (χ2v) is 8.10. The van der Waals surface area contributed by atoms with E-state index in [2.05, 4.69) is 52.9 Å². The lowest BCUT2D eigenvalue weighted by Crippen LogP contribution is -2.42. The molecule has 0 spiro atoms. The van der Waals surface area contributed by atoms with Crippen molar-refractivity contribution in [1.82, 2.24) is 15.5 Å². The van der Waals surface area contributed by atoms with Gasteiger partial charge in [0.25, 0.3) is 5.91 Å². The molecular weight excluding hydrogens is 360 g/mol. The highest BCUT2D eigenvalue weighted by Crippen LogP contribution is 2.48. The number of amides is 1. The number of nitrogens with zero attached hydrogens (tertiary/aromatic N) is 2. The number of hydrogen-bond donors (Lipinski definition) is 2. The van der Waals surface area contributed by atoms with Gasteiger partial charge in [0.05, 0.1) is 0 Å². The molecule has 1 amide bonds. The molecule has 0 aromatic heterocycles. The predicted molar refractivity (Wildman–Crippen MR) is 120 cm³/mol. The van der Waals surface area contributed by atoms with Gasteiger partial charge >= 0.3 is 0 Å². The fourth-order valence-electron chi connectivity index (χ4n) is 3.78. The molecule has 0 heterocycles. The van der Waals surface area contributed by atoms with Gasteiger partial charge in [0.1, 0.15) is 0 Å². The predicted octanol–water partition coefficient (Wildman–Crippen LogP) is 3.14.